The van der Waals surface area contributed by atoms with Crippen LogP contribution in [-0.2, 0) is 0 Å². The molecule has 0 spiro atoms. The van der Waals surface area contributed by atoms with E-state index in [0.29, 0.717) is 22.3 Å². The fourth-order valence-electron chi connectivity index (χ4n) is 2.38. The SMILES string of the molecule is O=C(Nc1ccc(F)cc1)Nc1nc(-c2cc3cc(Br)ccc3o2)cs1. The molecule has 0 aliphatic carbocycles. The molecular weight excluding hydrogens is 421 g/mol. The zero-order valence-corrected chi connectivity index (χ0v) is 15.5. The van der Waals surface area contributed by atoms with Crippen molar-refractivity contribution in [2.24, 2.45) is 0 Å². The van der Waals surface area contributed by atoms with Gasteiger partial charge in [0.25, 0.3) is 0 Å². The van der Waals surface area contributed by atoms with Gasteiger partial charge < -0.3 is 9.73 Å². The zero-order chi connectivity index (χ0) is 18.1. The van der Waals surface area contributed by atoms with E-state index < -0.39 is 6.03 Å². The maximum atomic E-state index is 12.9. The number of halogens is 2. The molecule has 0 aliphatic heterocycles. The molecular formula is C18H11BrFN3O2S. The number of rotatable bonds is 3. The van der Waals surface area contributed by atoms with E-state index in [2.05, 4.69) is 31.5 Å². The highest BCUT2D eigenvalue weighted by atomic mass is 79.9. The number of urea groups is 1. The molecule has 2 heterocycles. The Labute approximate surface area is 160 Å². The van der Waals surface area contributed by atoms with Gasteiger partial charge in [-0.1, -0.05) is 15.9 Å². The van der Waals surface area contributed by atoms with Gasteiger partial charge in [-0.25, -0.2) is 14.2 Å². The molecule has 2 aromatic heterocycles. The molecule has 8 heteroatoms. The third-order valence-electron chi connectivity index (χ3n) is 3.56. The Bertz CT molecular complexity index is 1090. The first-order valence-corrected chi connectivity index (χ1v) is 9.23. The third kappa shape index (κ3) is 3.61. The summed E-state index contributed by atoms with van der Waals surface area (Å²) in [6.07, 6.45) is 0. The Morgan fingerprint density at radius 3 is 2.73 bits per heavy atom. The first-order chi connectivity index (χ1) is 12.6. The van der Waals surface area contributed by atoms with E-state index in [4.69, 9.17) is 4.42 Å². The van der Waals surface area contributed by atoms with Gasteiger partial charge in [-0.15, -0.1) is 11.3 Å². The summed E-state index contributed by atoms with van der Waals surface area (Å²) in [6.45, 7) is 0. The number of nitrogens with one attached hydrogen (secondary N) is 2. The lowest BCUT2D eigenvalue weighted by Crippen LogP contribution is -2.19. The van der Waals surface area contributed by atoms with E-state index >= 15 is 0 Å². The molecule has 0 saturated carbocycles. The van der Waals surface area contributed by atoms with Crippen LogP contribution in [0.5, 0.6) is 0 Å². The van der Waals surface area contributed by atoms with Crippen LogP contribution in [0.3, 0.4) is 0 Å². The van der Waals surface area contributed by atoms with Gasteiger partial charge in [0.05, 0.1) is 0 Å². The monoisotopic (exact) mass is 431 g/mol. The van der Waals surface area contributed by atoms with Crippen molar-refractivity contribution in [2.45, 2.75) is 0 Å². The van der Waals surface area contributed by atoms with Gasteiger partial charge >= 0.3 is 6.03 Å². The summed E-state index contributed by atoms with van der Waals surface area (Å²) in [5, 5.41) is 8.47. The minimum Gasteiger partial charge on any atom is -0.454 e. The number of furan rings is 1. The van der Waals surface area contributed by atoms with Crippen LogP contribution in [0.1, 0.15) is 0 Å². The Balaban J connectivity index is 1.48. The average molecular weight is 432 g/mol. The molecule has 4 aromatic rings. The summed E-state index contributed by atoms with van der Waals surface area (Å²) in [4.78, 5) is 16.4. The number of amides is 2. The van der Waals surface area contributed by atoms with Gasteiger partial charge in [0.15, 0.2) is 10.9 Å². The highest BCUT2D eigenvalue weighted by Crippen LogP contribution is 2.31. The largest absolute Gasteiger partial charge is 0.454 e. The molecule has 0 atom stereocenters. The first-order valence-electron chi connectivity index (χ1n) is 7.55. The van der Waals surface area contributed by atoms with Crippen LogP contribution in [0, 0.1) is 5.82 Å². The highest BCUT2D eigenvalue weighted by molar-refractivity contribution is 9.10. The van der Waals surface area contributed by atoms with Gasteiger partial charge in [0, 0.05) is 20.9 Å². The van der Waals surface area contributed by atoms with Gasteiger partial charge in [-0.2, -0.15) is 0 Å². The predicted octanol–water partition coefficient (Wildman–Crippen LogP) is 6.10. The lowest BCUT2D eigenvalue weighted by Gasteiger charge is -2.04. The van der Waals surface area contributed by atoms with Crippen molar-refractivity contribution in [3.8, 4) is 11.5 Å². The quantitative estimate of drug-likeness (QED) is 0.411. The number of anilines is 2. The number of hydrogen-bond donors (Lipinski definition) is 2. The van der Waals surface area contributed by atoms with E-state index in [1.165, 1.54) is 35.6 Å². The number of hydrogen-bond acceptors (Lipinski definition) is 4. The van der Waals surface area contributed by atoms with E-state index in [-0.39, 0.29) is 5.82 Å². The molecule has 0 radical (unpaired) electrons. The lowest BCUT2D eigenvalue weighted by molar-refractivity contribution is 0.262. The van der Waals surface area contributed by atoms with Crippen LogP contribution in [-0.4, -0.2) is 11.0 Å². The summed E-state index contributed by atoms with van der Waals surface area (Å²) in [5.41, 5.74) is 1.89. The van der Waals surface area contributed by atoms with Crippen LogP contribution < -0.4 is 10.6 Å². The van der Waals surface area contributed by atoms with E-state index in [9.17, 15) is 9.18 Å². The molecule has 130 valence electrons. The number of fused-ring (bicyclic) bond motifs is 1. The Hall–Kier alpha value is -2.71. The number of aromatic nitrogens is 1. The predicted molar refractivity (Wildman–Crippen MR) is 104 cm³/mol. The number of nitrogens with zero attached hydrogens (tertiary/aromatic N) is 1. The van der Waals surface area contributed by atoms with E-state index in [0.717, 1.165) is 15.4 Å². The van der Waals surface area contributed by atoms with Gasteiger partial charge in [-0.05, 0) is 48.5 Å². The van der Waals surface area contributed by atoms with Crippen molar-refractivity contribution in [3.63, 3.8) is 0 Å². The zero-order valence-electron chi connectivity index (χ0n) is 13.1. The van der Waals surface area contributed by atoms with E-state index in [1.54, 1.807) is 5.38 Å². The maximum Gasteiger partial charge on any atom is 0.325 e. The number of benzene rings is 2. The Morgan fingerprint density at radius 1 is 1.12 bits per heavy atom. The summed E-state index contributed by atoms with van der Waals surface area (Å²) < 4.78 is 19.6. The van der Waals surface area contributed by atoms with Crippen molar-refractivity contribution >= 4 is 55.1 Å². The molecule has 2 N–H and O–H groups in total. The van der Waals surface area contributed by atoms with Crippen molar-refractivity contribution < 1.29 is 13.6 Å². The molecule has 0 bridgehead atoms. The Kier molecular flexibility index (Phi) is 4.44. The molecule has 0 saturated heterocycles. The third-order valence-corrected chi connectivity index (χ3v) is 4.81. The topological polar surface area (TPSA) is 67.2 Å². The molecule has 0 aliphatic rings. The van der Waals surface area contributed by atoms with E-state index in [1.807, 2.05) is 24.3 Å². The lowest BCUT2D eigenvalue weighted by atomic mass is 10.2. The first kappa shape index (κ1) is 16.7. The number of carbonyl (C=O) groups excluding carboxylic acids is 1. The molecule has 2 amide bonds. The second kappa shape index (κ2) is 6.89. The summed E-state index contributed by atoms with van der Waals surface area (Å²) >= 11 is 4.72. The molecule has 26 heavy (non-hydrogen) atoms. The van der Waals surface area contributed by atoms with Crippen LogP contribution in [0.4, 0.5) is 20.0 Å². The van der Waals surface area contributed by atoms with Gasteiger partial charge in [0.2, 0.25) is 0 Å². The van der Waals surface area contributed by atoms with Crippen molar-refractivity contribution in [1.29, 1.82) is 0 Å². The average Bonchev–Trinajstić information content (AvgIpc) is 3.23. The second-order valence-electron chi connectivity index (χ2n) is 5.42. The number of thiazole rings is 1. The van der Waals surface area contributed by atoms with Gasteiger partial charge in [0.1, 0.15) is 17.1 Å². The molecule has 4 rings (SSSR count). The summed E-state index contributed by atoms with van der Waals surface area (Å²) in [7, 11) is 0. The maximum absolute atomic E-state index is 12.9. The fourth-order valence-corrected chi connectivity index (χ4v) is 3.45. The standard InChI is InChI=1S/C18H11BrFN3O2S/c19-11-1-6-15-10(7-11)8-16(25-15)14-9-26-18(22-14)23-17(24)21-13-4-2-12(20)3-5-13/h1-9H,(H2,21,22,23,24). The van der Waals surface area contributed by atoms with Crippen molar-refractivity contribution in [2.75, 3.05) is 10.6 Å². The van der Waals surface area contributed by atoms with Crippen LogP contribution in [0.25, 0.3) is 22.4 Å². The number of carbonyl (C=O) groups is 1. The normalized spacial score (nSPS) is 10.8. The van der Waals surface area contributed by atoms with Crippen molar-refractivity contribution in [1.82, 2.24) is 4.98 Å². The summed E-state index contributed by atoms with van der Waals surface area (Å²) in [6, 6.07) is 12.7. The Morgan fingerprint density at radius 2 is 1.92 bits per heavy atom. The molecule has 2 aromatic carbocycles. The van der Waals surface area contributed by atoms with Crippen LogP contribution in [0.2, 0.25) is 0 Å². The highest BCUT2D eigenvalue weighted by Gasteiger charge is 2.12. The van der Waals surface area contributed by atoms with Crippen molar-refractivity contribution in [3.05, 3.63) is 64.2 Å². The fraction of sp³-hybridized carbons (Fsp3) is 0. The van der Waals surface area contributed by atoms with Crippen LogP contribution in [0.15, 0.2) is 62.8 Å². The van der Waals surface area contributed by atoms with Crippen LogP contribution >= 0.6 is 27.3 Å². The molecule has 0 unspecified atom stereocenters. The summed E-state index contributed by atoms with van der Waals surface area (Å²) in [5.74, 6) is 0.264. The van der Waals surface area contributed by atoms with Gasteiger partial charge in [-0.3, -0.25) is 5.32 Å². The smallest absolute Gasteiger partial charge is 0.325 e. The molecule has 5 nitrogen and oxygen atoms in total. The minimum atomic E-state index is -0.453. The minimum absolute atomic E-state index is 0.363. The molecule has 0 fully saturated rings. The second-order valence-corrected chi connectivity index (χ2v) is 7.19.